The van der Waals surface area contributed by atoms with E-state index in [4.69, 9.17) is 33.2 Å². The predicted octanol–water partition coefficient (Wildman–Crippen LogP) is 4.80. The second-order valence-electron chi connectivity index (χ2n) is 3.41. The van der Waals surface area contributed by atoms with E-state index in [-0.39, 0.29) is 22.1 Å². The quantitative estimate of drug-likeness (QED) is 0.792. The van der Waals surface area contributed by atoms with Gasteiger partial charge in [0, 0.05) is 11.1 Å². The van der Waals surface area contributed by atoms with Crippen molar-refractivity contribution in [1.29, 1.82) is 5.26 Å². The molecule has 0 aliphatic rings. The molecule has 0 amide bonds. The number of benzene rings is 2. The van der Waals surface area contributed by atoms with Crippen LogP contribution < -0.4 is 4.74 Å². The molecule has 0 saturated heterocycles. The molecule has 0 aliphatic heterocycles. The lowest BCUT2D eigenvalue weighted by molar-refractivity contribution is 0.441. The van der Waals surface area contributed by atoms with Crippen molar-refractivity contribution in [2.24, 2.45) is 0 Å². The summed E-state index contributed by atoms with van der Waals surface area (Å²) in [6.07, 6.45) is 0. The van der Waals surface area contributed by atoms with Crippen LogP contribution in [0, 0.1) is 17.1 Å². The zero-order valence-electron chi connectivity index (χ0n) is 8.95. The molecule has 2 rings (SSSR count). The summed E-state index contributed by atoms with van der Waals surface area (Å²) in [4.78, 5) is 0. The number of halogens is 3. The highest BCUT2D eigenvalue weighted by molar-refractivity contribution is 6.31. The summed E-state index contributed by atoms with van der Waals surface area (Å²) < 4.78 is 19.0. The summed E-state index contributed by atoms with van der Waals surface area (Å²) in [7, 11) is 0. The van der Waals surface area contributed by atoms with Crippen LogP contribution in [0.2, 0.25) is 10.0 Å². The minimum Gasteiger partial charge on any atom is -0.453 e. The van der Waals surface area contributed by atoms with Gasteiger partial charge in [-0.2, -0.15) is 5.26 Å². The van der Waals surface area contributed by atoms with Gasteiger partial charge in [-0.05, 0) is 24.3 Å². The van der Waals surface area contributed by atoms with Crippen molar-refractivity contribution in [3.63, 3.8) is 0 Å². The van der Waals surface area contributed by atoms with Crippen molar-refractivity contribution in [1.82, 2.24) is 0 Å². The minimum absolute atomic E-state index is 0.0481. The number of nitriles is 1. The minimum atomic E-state index is -0.678. The standard InChI is InChI=1S/C13H6Cl2FNO/c14-9-5-4-8(7-17)12(6-9)18-11-3-1-2-10(15)13(11)16/h1-6H. The predicted molar refractivity (Wildman–Crippen MR) is 67.7 cm³/mol. The van der Waals surface area contributed by atoms with Gasteiger partial charge in [-0.1, -0.05) is 29.3 Å². The summed E-state index contributed by atoms with van der Waals surface area (Å²) in [5, 5.41) is 9.27. The van der Waals surface area contributed by atoms with Crippen LogP contribution in [0.15, 0.2) is 36.4 Å². The molecule has 0 bridgehead atoms. The first-order chi connectivity index (χ1) is 8.61. The molecule has 0 saturated carbocycles. The van der Waals surface area contributed by atoms with Gasteiger partial charge in [0.1, 0.15) is 11.8 Å². The Morgan fingerprint density at radius 2 is 1.89 bits per heavy atom. The average Bonchev–Trinajstić information content (AvgIpc) is 2.35. The Labute approximate surface area is 113 Å². The fourth-order valence-corrected chi connectivity index (χ4v) is 1.68. The SMILES string of the molecule is N#Cc1ccc(Cl)cc1Oc1cccc(Cl)c1F. The normalized spacial score (nSPS) is 9.89. The van der Waals surface area contributed by atoms with Crippen molar-refractivity contribution >= 4 is 23.2 Å². The molecule has 2 aromatic rings. The number of hydrogen-bond donors (Lipinski definition) is 0. The molecule has 0 unspecified atom stereocenters. The summed E-state index contributed by atoms with van der Waals surface area (Å²) >= 11 is 11.4. The Hall–Kier alpha value is -1.76. The van der Waals surface area contributed by atoms with Gasteiger partial charge in [-0.3, -0.25) is 0 Å². The van der Waals surface area contributed by atoms with E-state index in [1.165, 1.54) is 24.3 Å². The van der Waals surface area contributed by atoms with E-state index in [1.807, 2.05) is 6.07 Å². The van der Waals surface area contributed by atoms with E-state index in [1.54, 1.807) is 12.1 Å². The molecule has 90 valence electrons. The van der Waals surface area contributed by atoms with Gasteiger partial charge in [-0.25, -0.2) is 4.39 Å². The van der Waals surface area contributed by atoms with Gasteiger partial charge in [0.2, 0.25) is 0 Å². The van der Waals surface area contributed by atoms with Gasteiger partial charge in [-0.15, -0.1) is 0 Å². The second-order valence-corrected chi connectivity index (χ2v) is 4.25. The van der Waals surface area contributed by atoms with Crippen LogP contribution in [0.4, 0.5) is 4.39 Å². The van der Waals surface area contributed by atoms with Gasteiger partial charge in [0.05, 0.1) is 10.6 Å². The Kier molecular flexibility index (Phi) is 3.71. The molecular weight excluding hydrogens is 276 g/mol. The molecule has 5 heteroatoms. The lowest BCUT2D eigenvalue weighted by Crippen LogP contribution is -1.91. The Balaban J connectivity index is 2.43. The van der Waals surface area contributed by atoms with E-state index >= 15 is 0 Å². The van der Waals surface area contributed by atoms with Crippen LogP contribution in [0.3, 0.4) is 0 Å². The molecule has 0 fully saturated rings. The smallest absolute Gasteiger partial charge is 0.184 e. The van der Waals surface area contributed by atoms with Crippen molar-refractivity contribution in [3.8, 4) is 17.6 Å². The number of rotatable bonds is 2. The van der Waals surface area contributed by atoms with Crippen molar-refractivity contribution in [2.45, 2.75) is 0 Å². The first-order valence-electron chi connectivity index (χ1n) is 4.93. The van der Waals surface area contributed by atoms with E-state index in [0.29, 0.717) is 5.02 Å². The molecule has 2 nitrogen and oxygen atoms in total. The largest absolute Gasteiger partial charge is 0.453 e. The number of nitrogens with zero attached hydrogens (tertiary/aromatic N) is 1. The highest BCUT2D eigenvalue weighted by atomic mass is 35.5. The van der Waals surface area contributed by atoms with Crippen LogP contribution in [0.1, 0.15) is 5.56 Å². The monoisotopic (exact) mass is 281 g/mol. The summed E-state index contributed by atoms with van der Waals surface area (Å²) in [6.45, 7) is 0. The van der Waals surface area contributed by atoms with Gasteiger partial charge < -0.3 is 4.74 Å². The van der Waals surface area contributed by atoms with Gasteiger partial charge >= 0.3 is 0 Å². The van der Waals surface area contributed by atoms with Crippen LogP contribution in [0.25, 0.3) is 0 Å². The van der Waals surface area contributed by atoms with Gasteiger partial charge in [0.25, 0.3) is 0 Å². The fourth-order valence-electron chi connectivity index (χ4n) is 1.35. The first kappa shape index (κ1) is 12.7. The molecule has 18 heavy (non-hydrogen) atoms. The summed E-state index contributed by atoms with van der Waals surface area (Å²) in [5.74, 6) is -0.546. The maximum absolute atomic E-state index is 13.7. The summed E-state index contributed by atoms with van der Waals surface area (Å²) in [5.41, 5.74) is 0.263. The highest BCUT2D eigenvalue weighted by Crippen LogP contribution is 2.31. The molecule has 0 aliphatic carbocycles. The lowest BCUT2D eigenvalue weighted by atomic mass is 10.2. The highest BCUT2D eigenvalue weighted by Gasteiger charge is 2.11. The number of hydrogen-bond acceptors (Lipinski definition) is 2. The third-order valence-corrected chi connectivity index (χ3v) is 2.73. The van der Waals surface area contributed by atoms with Crippen LogP contribution in [-0.4, -0.2) is 0 Å². The molecule has 0 radical (unpaired) electrons. The first-order valence-corrected chi connectivity index (χ1v) is 5.69. The Morgan fingerprint density at radius 1 is 1.11 bits per heavy atom. The maximum atomic E-state index is 13.7. The third-order valence-electron chi connectivity index (χ3n) is 2.20. The fraction of sp³-hybridized carbons (Fsp3) is 0. The molecule has 0 spiro atoms. The van der Waals surface area contributed by atoms with E-state index in [2.05, 4.69) is 0 Å². The number of ether oxygens (including phenoxy) is 1. The molecule has 0 atom stereocenters. The zero-order chi connectivity index (χ0) is 13.1. The van der Waals surface area contributed by atoms with Crippen molar-refractivity contribution in [3.05, 3.63) is 57.8 Å². The lowest BCUT2D eigenvalue weighted by Gasteiger charge is -2.09. The Morgan fingerprint density at radius 3 is 2.61 bits per heavy atom. The third kappa shape index (κ3) is 2.56. The van der Waals surface area contributed by atoms with Crippen molar-refractivity contribution in [2.75, 3.05) is 0 Å². The van der Waals surface area contributed by atoms with Crippen molar-refractivity contribution < 1.29 is 9.13 Å². The molecular formula is C13H6Cl2FNO. The van der Waals surface area contributed by atoms with Crippen LogP contribution in [0.5, 0.6) is 11.5 Å². The van der Waals surface area contributed by atoms with Gasteiger partial charge in [0.15, 0.2) is 11.6 Å². The van der Waals surface area contributed by atoms with E-state index in [9.17, 15) is 4.39 Å². The zero-order valence-corrected chi connectivity index (χ0v) is 10.5. The second kappa shape index (κ2) is 5.26. The van der Waals surface area contributed by atoms with E-state index < -0.39 is 5.82 Å². The molecule has 0 N–H and O–H groups in total. The topological polar surface area (TPSA) is 33.0 Å². The summed E-state index contributed by atoms with van der Waals surface area (Å²) in [6, 6.07) is 10.8. The van der Waals surface area contributed by atoms with Crippen LogP contribution >= 0.6 is 23.2 Å². The molecule has 2 aromatic carbocycles. The molecule has 0 heterocycles. The Bertz CT molecular complexity index is 637. The molecule has 0 aromatic heterocycles. The maximum Gasteiger partial charge on any atom is 0.184 e. The van der Waals surface area contributed by atoms with Crippen LogP contribution in [-0.2, 0) is 0 Å². The van der Waals surface area contributed by atoms with E-state index in [0.717, 1.165) is 0 Å². The average molecular weight is 282 g/mol.